The van der Waals surface area contributed by atoms with E-state index in [1.807, 2.05) is 67.6 Å². The van der Waals surface area contributed by atoms with Crippen LogP contribution >= 0.6 is 0 Å². The lowest BCUT2D eigenvalue weighted by atomic mass is 9.89. The zero-order chi connectivity index (χ0) is 18.4. The molecule has 0 aliphatic carbocycles. The summed E-state index contributed by atoms with van der Waals surface area (Å²) in [5.74, 6) is 0.335. The standard InChI is InChI=1S/C22H26N2O2/c1-17(18-8-4-2-5-9-18)23-21(25)16-24-14-12-20(13-15-24)22(26)19-10-6-3-7-11-19/h2-11,17,20H,12-16H2,1H3,(H,23,25)/t17-/m0/s1. The lowest BCUT2D eigenvalue weighted by Crippen LogP contribution is -2.43. The van der Waals surface area contributed by atoms with Gasteiger partial charge in [-0.05, 0) is 38.4 Å². The predicted molar refractivity (Wildman–Crippen MR) is 103 cm³/mol. The molecular formula is C22H26N2O2. The van der Waals surface area contributed by atoms with Crippen LogP contribution in [0.1, 0.15) is 41.7 Å². The zero-order valence-corrected chi connectivity index (χ0v) is 15.2. The molecule has 1 heterocycles. The van der Waals surface area contributed by atoms with E-state index in [0.29, 0.717) is 6.54 Å². The number of carbonyl (C=O) groups excluding carboxylic acids is 2. The summed E-state index contributed by atoms with van der Waals surface area (Å²) in [6.07, 6.45) is 1.63. The normalized spacial score (nSPS) is 16.8. The lowest BCUT2D eigenvalue weighted by Gasteiger charge is -2.31. The van der Waals surface area contributed by atoms with Crippen molar-refractivity contribution in [3.8, 4) is 0 Å². The summed E-state index contributed by atoms with van der Waals surface area (Å²) in [5, 5.41) is 3.06. The average Bonchev–Trinajstić information content (AvgIpc) is 2.69. The second-order valence-electron chi connectivity index (χ2n) is 6.98. The largest absolute Gasteiger partial charge is 0.348 e. The maximum atomic E-state index is 12.5. The van der Waals surface area contributed by atoms with E-state index in [1.54, 1.807) is 0 Å². The molecule has 1 aliphatic rings. The molecule has 1 aliphatic heterocycles. The molecule has 1 saturated heterocycles. The van der Waals surface area contributed by atoms with Crippen LogP contribution in [0, 0.1) is 5.92 Å². The fourth-order valence-electron chi connectivity index (χ4n) is 3.51. The maximum absolute atomic E-state index is 12.5. The van der Waals surface area contributed by atoms with Gasteiger partial charge in [0, 0.05) is 11.5 Å². The Bertz CT molecular complexity index is 722. The first-order valence-electron chi connectivity index (χ1n) is 9.29. The first kappa shape index (κ1) is 18.3. The minimum Gasteiger partial charge on any atom is -0.348 e. The molecule has 26 heavy (non-hydrogen) atoms. The van der Waals surface area contributed by atoms with Gasteiger partial charge in [-0.2, -0.15) is 0 Å². The molecule has 1 atom stereocenters. The summed E-state index contributed by atoms with van der Waals surface area (Å²) in [6, 6.07) is 19.5. The van der Waals surface area contributed by atoms with E-state index in [-0.39, 0.29) is 23.7 Å². The molecular weight excluding hydrogens is 324 g/mol. The van der Waals surface area contributed by atoms with Crippen molar-refractivity contribution in [1.82, 2.24) is 10.2 Å². The number of carbonyl (C=O) groups is 2. The van der Waals surface area contributed by atoms with Crippen molar-refractivity contribution in [2.24, 2.45) is 5.92 Å². The van der Waals surface area contributed by atoms with Gasteiger partial charge in [0.05, 0.1) is 12.6 Å². The molecule has 0 aromatic heterocycles. The first-order valence-corrected chi connectivity index (χ1v) is 9.29. The summed E-state index contributed by atoms with van der Waals surface area (Å²) in [5.41, 5.74) is 1.90. The number of nitrogens with one attached hydrogen (secondary N) is 1. The quantitative estimate of drug-likeness (QED) is 0.812. The fraction of sp³-hybridized carbons (Fsp3) is 0.364. The molecule has 0 radical (unpaired) electrons. The van der Waals surface area contributed by atoms with Crippen LogP contribution in [0.25, 0.3) is 0 Å². The monoisotopic (exact) mass is 350 g/mol. The predicted octanol–water partition coefficient (Wildman–Crippen LogP) is 3.46. The number of ketones is 1. The number of hydrogen-bond acceptors (Lipinski definition) is 3. The second kappa shape index (κ2) is 8.77. The van der Waals surface area contributed by atoms with Crippen LogP contribution in [0.15, 0.2) is 60.7 Å². The molecule has 0 bridgehead atoms. The van der Waals surface area contributed by atoms with Gasteiger partial charge in [-0.25, -0.2) is 0 Å². The van der Waals surface area contributed by atoms with Gasteiger partial charge in [-0.3, -0.25) is 14.5 Å². The fourth-order valence-corrected chi connectivity index (χ4v) is 3.51. The molecule has 0 saturated carbocycles. The molecule has 1 N–H and O–H groups in total. The number of Topliss-reactive ketones (excluding diaryl/α,β-unsaturated/α-hetero) is 1. The molecule has 3 rings (SSSR count). The Kier molecular flexibility index (Phi) is 6.18. The topological polar surface area (TPSA) is 49.4 Å². The molecule has 2 aromatic carbocycles. The van der Waals surface area contributed by atoms with Gasteiger partial charge in [0.1, 0.15) is 0 Å². The zero-order valence-electron chi connectivity index (χ0n) is 15.2. The SMILES string of the molecule is C[C@H](NC(=O)CN1CCC(C(=O)c2ccccc2)CC1)c1ccccc1. The van der Waals surface area contributed by atoms with E-state index in [9.17, 15) is 9.59 Å². The lowest BCUT2D eigenvalue weighted by molar-refractivity contribution is -0.123. The van der Waals surface area contributed by atoms with Gasteiger partial charge in [-0.1, -0.05) is 60.7 Å². The summed E-state index contributed by atoms with van der Waals surface area (Å²) >= 11 is 0. The number of rotatable bonds is 6. The Morgan fingerprint density at radius 2 is 1.58 bits per heavy atom. The Morgan fingerprint density at radius 3 is 2.19 bits per heavy atom. The van der Waals surface area contributed by atoms with E-state index >= 15 is 0 Å². The minimum absolute atomic E-state index is 0.000831. The van der Waals surface area contributed by atoms with Gasteiger partial charge >= 0.3 is 0 Å². The number of nitrogens with zero attached hydrogens (tertiary/aromatic N) is 1. The first-order chi connectivity index (χ1) is 12.6. The molecule has 136 valence electrons. The number of amides is 1. The summed E-state index contributed by atoms with van der Waals surface area (Å²) in [6.45, 7) is 3.97. The van der Waals surface area contributed by atoms with Crippen molar-refractivity contribution in [3.05, 3.63) is 71.8 Å². The van der Waals surface area contributed by atoms with Gasteiger partial charge in [-0.15, -0.1) is 0 Å². The van der Waals surface area contributed by atoms with Crippen LogP contribution in [0.3, 0.4) is 0 Å². The second-order valence-corrected chi connectivity index (χ2v) is 6.98. The van der Waals surface area contributed by atoms with Crippen LogP contribution < -0.4 is 5.32 Å². The summed E-state index contributed by atoms with van der Waals surface area (Å²) < 4.78 is 0. The van der Waals surface area contributed by atoms with Gasteiger partial charge in [0.15, 0.2) is 5.78 Å². The highest BCUT2D eigenvalue weighted by Crippen LogP contribution is 2.21. The number of likely N-dealkylation sites (tertiary alicyclic amines) is 1. The summed E-state index contributed by atoms with van der Waals surface area (Å²) in [7, 11) is 0. The van der Waals surface area contributed by atoms with Crippen molar-refractivity contribution in [2.45, 2.75) is 25.8 Å². The van der Waals surface area contributed by atoms with Crippen LogP contribution in [-0.2, 0) is 4.79 Å². The van der Waals surface area contributed by atoms with E-state index < -0.39 is 0 Å². The van der Waals surface area contributed by atoms with Gasteiger partial charge in [0.2, 0.25) is 5.91 Å². The van der Waals surface area contributed by atoms with E-state index in [4.69, 9.17) is 0 Å². The Hall–Kier alpha value is -2.46. The highest BCUT2D eigenvalue weighted by Gasteiger charge is 2.26. The highest BCUT2D eigenvalue weighted by molar-refractivity contribution is 5.97. The minimum atomic E-state index is 0.000831. The van der Waals surface area contributed by atoms with Crippen LogP contribution in [-0.4, -0.2) is 36.2 Å². The van der Waals surface area contributed by atoms with E-state index in [2.05, 4.69) is 10.2 Å². The van der Waals surface area contributed by atoms with Crippen molar-refractivity contribution in [2.75, 3.05) is 19.6 Å². The smallest absolute Gasteiger partial charge is 0.234 e. The molecule has 4 heteroatoms. The van der Waals surface area contributed by atoms with Crippen molar-refractivity contribution in [3.63, 3.8) is 0 Å². The molecule has 1 amide bonds. The van der Waals surface area contributed by atoms with E-state index in [0.717, 1.165) is 37.1 Å². The Labute approximate surface area is 155 Å². The van der Waals surface area contributed by atoms with Crippen LogP contribution in [0.4, 0.5) is 0 Å². The number of hydrogen-bond donors (Lipinski definition) is 1. The Balaban J connectivity index is 1.45. The Morgan fingerprint density at radius 1 is 1.00 bits per heavy atom. The summed E-state index contributed by atoms with van der Waals surface area (Å²) in [4.78, 5) is 27.0. The number of piperidine rings is 1. The van der Waals surface area contributed by atoms with Gasteiger partial charge in [0.25, 0.3) is 0 Å². The maximum Gasteiger partial charge on any atom is 0.234 e. The highest BCUT2D eigenvalue weighted by atomic mass is 16.2. The van der Waals surface area contributed by atoms with Crippen LogP contribution in [0.5, 0.6) is 0 Å². The number of benzene rings is 2. The van der Waals surface area contributed by atoms with Crippen molar-refractivity contribution in [1.29, 1.82) is 0 Å². The van der Waals surface area contributed by atoms with E-state index in [1.165, 1.54) is 0 Å². The molecule has 4 nitrogen and oxygen atoms in total. The third-order valence-corrected chi connectivity index (χ3v) is 5.06. The molecule has 0 spiro atoms. The molecule has 2 aromatic rings. The van der Waals surface area contributed by atoms with Crippen LogP contribution in [0.2, 0.25) is 0 Å². The molecule has 1 fully saturated rings. The van der Waals surface area contributed by atoms with Crippen molar-refractivity contribution >= 4 is 11.7 Å². The molecule has 0 unspecified atom stereocenters. The third kappa shape index (κ3) is 4.79. The van der Waals surface area contributed by atoms with Crippen molar-refractivity contribution < 1.29 is 9.59 Å². The van der Waals surface area contributed by atoms with Gasteiger partial charge < -0.3 is 5.32 Å². The third-order valence-electron chi connectivity index (χ3n) is 5.06. The average molecular weight is 350 g/mol.